The Hall–Kier alpha value is -1.36. The fraction of sp³-hybridized carbons (Fsp3) is 0.593. The van der Waals surface area contributed by atoms with Crippen molar-refractivity contribution in [3.63, 3.8) is 0 Å². The molecule has 1 aliphatic carbocycles. The molecule has 34 heavy (non-hydrogen) atoms. The number of fused-ring (bicyclic) bond motifs is 1. The first kappa shape index (κ1) is 25.7. The van der Waals surface area contributed by atoms with Crippen LogP contribution in [0.3, 0.4) is 0 Å². The summed E-state index contributed by atoms with van der Waals surface area (Å²) in [5, 5.41) is 10.8. The second-order valence-corrected chi connectivity index (χ2v) is 16.3. The Morgan fingerprint density at radius 3 is 2.88 bits per heavy atom. The van der Waals surface area contributed by atoms with Gasteiger partial charge in [-0.25, -0.2) is 0 Å². The van der Waals surface area contributed by atoms with E-state index in [1.807, 2.05) is 12.1 Å². The Kier molecular flexibility index (Phi) is 8.11. The molecule has 5 nitrogen and oxygen atoms in total. The summed E-state index contributed by atoms with van der Waals surface area (Å²) in [4.78, 5) is 2.24. The molecule has 3 atom stereocenters. The van der Waals surface area contributed by atoms with Crippen molar-refractivity contribution >= 4 is 35.5 Å². The summed E-state index contributed by atoms with van der Waals surface area (Å²) in [6.45, 7) is 12.7. The summed E-state index contributed by atoms with van der Waals surface area (Å²) < 4.78 is 25.9. The summed E-state index contributed by atoms with van der Waals surface area (Å²) in [6.07, 6.45) is 6.86. The van der Waals surface area contributed by atoms with E-state index in [1.165, 1.54) is 9.08 Å². The minimum absolute atomic E-state index is 0.141. The molecule has 4 rings (SSSR count). The van der Waals surface area contributed by atoms with Crippen LogP contribution in [0.15, 0.2) is 29.8 Å². The molecule has 3 unspecified atom stereocenters. The molecular weight excluding hydrogens is 537 g/mol. The van der Waals surface area contributed by atoms with Gasteiger partial charge in [-0.3, -0.25) is 0 Å². The minimum Gasteiger partial charge on any atom is -0.0564 e. The fourth-order valence-corrected chi connectivity index (χ4v) is 9.46. The van der Waals surface area contributed by atoms with Crippen LogP contribution in [0.4, 0.5) is 15.9 Å². The fourth-order valence-electron chi connectivity index (χ4n) is 5.33. The number of aromatic amines is 1. The molecule has 0 amide bonds. The van der Waals surface area contributed by atoms with E-state index in [9.17, 15) is 4.39 Å². The third kappa shape index (κ3) is 5.71. The zero-order valence-corrected chi connectivity index (χ0v) is 24.0. The summed E-state index contributed by atoms with van der Waals surface area (Å²) >= 11 is -1.62. The van der Waals surface area contributed by atoms with Gasteiger partial charge in [0.25, 0.3) is 0 Å². The van der Waals surface area contributed by atoms with Gasteiger partial charge in [0.1, 0.15) is 0 Å². The first-order valence-corrected chi connectivity index (χ1v) is 17.7. The number of nitrogens with one attached hydrogen (secondary N) is 3. The first-order chi connectivity index (χ1) is 16.2. The summed E-state index contributed by atoms with van der Waals surface area (Å²) in [6, 6.07) is 5.96. The molecule has 2 aliphatic rings. The Morgan fingerprint density at radius 1 is 1.35 bits per heavy atom. The van der Waals surface area contributed by atoms with Crippen molar-refractivity contribution in [3.8, 4) is 0 Å². The minimum atomic E-state index is -1.62. The van der Waals surface area contributed by atoms with Gasteiger partial charge in [0.15, 0.2) is 0 Å². The van der Waals surface area contributed by atoms with Gasteiger partial charge in [0, 0.05) is 0 Å². The van der Waals surface area contributed by atoms with Crippen LogP contribution in [0.1, 0.15) is 77.5 Å². The van der Waals surface area contributed by atoms with Crippen LogP contribution in [0.5, 0.6) is 0 Å². The van der Waals surface area contributed by atoms with Crippen LogP contribution in [-0.4, -0.2) is 43.4 Å². The smallest absolute Gasteiger partial charge is 0.0169 e. The molecule has 1 aromatic carbocycles. The van der Waals surface area contributed by atoms with Gasteiger partial charge in [-0.05, 0) is 17.8 Å². The first-order valence-electron chi connectivity index (χ1n) is 12.6. The van der Waals surface area contributed by atoms with Gasteiger partial charge < -0.3 is 0 Å². The van der Waals surface area contributed by atoms with Crippen LogP contribution >= 0.6 is 0 Å². The van der Waals surface area contributed by atoms with E-state index in [-0.39, 0.29) is 17.3 Å². The van der Waals surface area contributed by atoms with E-state index in [0.717, 1.165) is 36.9 Å². The number of rotatable bonds is 8. The Labute approximate surface area is 211 Å². The molecule has 1 fully saturated rings. The third-order valence-corrected chi connectivity index (χ3v) is 12.5. The maximum atomic E-state index is 15.0. The molecule has 2 heterocycles. The van der Waals surface area contributed by atoms with Crippen LogP contribution in [-0.2, 0) is 11.3 Å². The number of nitrogens with zero attached hydrogens (tertiary/aromatic N) is 1. The monoisotopic (exact) mass is 576 g/mol. The molecule has 3 N–H and O–H groups in total. The van der Waals surface area contributed by atoms with Crippen LogP contribution in [0, 0.1) is 17.2 Å². The van der Waals surface area contributed by atoms with Crippen molar-refractivity contribution in [1.82, 2.24) is 13.7 Å². The van der Waals surface area contributed by atoms with Gasteiger partial charge in [-0.15, -0.1) is 0 Å². The zero-order chi connectivity index (χ0) is 24.5. The van der Waals surface area contributed by atoms with E-state index in [0.29, 0.717) is 36.5 Å². The second-order valence-electron chi connectivity index (χ2n) is 10.8. The summed E-state index contributed by atoms with van der Waals surface area (Å²) in [7, 11) is 0. The van der Waals surface area contributed by atoms with E-state index in [4.69, 9.17) is 4.74 Å². The molecule has 0 radical (unpaired) electrons. The number of hydrogen-bond donors (Lipinski definition) is 3. The molecular formula is C27H40FN4OSb. The van der Waals surface area contributed by atoms with Crippen molar-refractivity contribution in [2.45, 2.75) is 83.7 Å². The third-order valence-electron chi connectivity index (χ3n) is 7.40. The predicted molar refractivity (Wildman–Crippen MR) is 140 cm³/mol. The Balaban J connectivity index is 1.33. The maximum Gasteiger partial charge on any atom is -0.0169 e. The van der Waals surface area contributed by atoms with Gasteiger partial charge in [0.2, 0.25) is 0 Å². The topological polar surface area (TPSA) is 62.0 Å². The normalized spacial score (nSPS) is 22.3. The molecule has 0 saturated heterocycles. The van der Waals surface area contributed by atoms with Gasteiger partial charge in [0.05, 0.1) is 6.61 Å². The van der Waals surface area contributed by atoms with Crippen LogP contribution in [0.25, 0.3) is 0 Å². The average molecular weight is 577 g/mol. The van der Waals surface area contributed by atoms with Gasteiger partial charge in [-0.2, -0.15) is 0 Å². The number of allylic oxidation sites excluding steroid dienone is 1. The van der Waals surface area contributed by atoms with Crippen molar-refractivity contribution in [1.29, 1.82) is 0 Å². The van der Waals surface area contributed by atoms with Crippen molar-refractivity contribution in [3.05, 3.63) is 46.9 Å². The number of aromatic nitrogens is 2. The van der Waals surface area contributed by atoms with E-state index >= 15 is 0 Å². The van der Waals surface area contributed by atoms with Crippen molar-refractivity contribution in [2.75, 3.05) is 11.9 Å². The van der Waals surface area contributed by atoms with E-state index in [2.05, 4.69) is 70.6 Å². The largest absolute Gasteiger partial charge is 0.0564 e. The molecule has 0 spiro atoms. The molecule has 7 heteroatoms. The van der Waals surface area contributed by atoms with Crippen molar-refractivity contribution < 1.29 is 9.13 Å². The Morgan fingerprint density at radius 2 is 2.15 bits per heavy atom. The number of hydrogen-bond acceptors (Lipinski definition) is 4. The van der Waals surface area contributed by atoms with Gasteiger partial charge >= 0.3 is 142 Å². The number of benzene rings is 1. The maximum absolute atomic E-state index is 15.0. The standard InChI is InChI=1S/C26H37FN4O.CH3.Sb/c1-6-17(2)21(26(3,4)5)12-13-32-20-11-10-18(14-20)23-15-24(31-30-23)29-22-9-7-8-19(16-28)25(22)27;;/h7,9,12,15,17-18,20,28H,6,10-11,13-14,16H2,1-5H3,(H2,29,30,31);1H3;/q-1;;+1/b21-12+;;. The molecule has 0 bridgehead atoms. The van der Waals surface area contributed by atoms with Crippen LogP contribution < -0.4 is 12.3 Å². The molecule has 186 valence electrons. The molecule has 2 aromatic rings. The quantitative estimate of drug-likeness (QED) is 0.271. The summed E-state index contributed by atoms with van der Waals surface area (Å²) in [5.41, 5.74) is 4.10. The predicted octanol–water partition coefficient (Wildman–Crippen LogP) is 5.90. The number of ether oxygens (including phenoxy) is 1. The number of halogens is 1. The second kappa shape index (κ2) is 10.7. The van der Waals surface area contributed by atoms with Gasteiger partial charge in [-0.1, -0.05) is 46.3 Å². The Bertz CT molecular complexity index is 1030. The molecule has 1 saturated carbocycles. The molecule has 1 aliphatic heterocycles. The zero-order valence-electron chi connectivity index (χ0n) is 21.5. The van der Waals surface area contributed by atoms with Crippen LogP contribution in [0.2, 0.25) is 4.87 Å². The van der Waals surface area contributed by atoms with E-state index in [1.54, 1.807) is 0 Å². The molecule has 1 aromatic heterocycles. The summed E-state index contributed by atoms with van der Waals surface area (Å²) in [5.74, 6) is 1.51. The van der Waals surface area contributed by atoms with E-state index < -0.39 is 20.5 Å². The average Bonchev–Trinajstić information content (AvgIpc) is 3.52. The SMILES string of the molecule is CCC(C)/C(=C\COC1CCC(c2cc(Nc3cc[c]4c(c3F)C[NH][Sb]4[CH3])n[nH]2)C1)C(C)(C)C. The number of H-pyrrole nitrogens is 1. The number of anilines is 2. The van der Waals surface area contributed by atoms with Crippen molar-refractivity contribution in [2.24, 2.45) is 11.3 Å².